The van der Waals surface area contributed by atoms with Gasteiger partial charge in [0.2, 0.25) is 5.91 Å². The fraction of sp³-hybridized carbons (Fsp3) is 0.462. The Morgan fingerprint density at radius 2 is 2.12 bits per heavy atom. The maximum atomic E-state index is 13.4. The monoisotopic (exact) mass is 301 g/mol. The van der Waals surface area contributed by atoms with Crippen LogP contribution in [0.15, 0.2) is 24.3 Å². The van der Waals surface area contributed by atoms with E-state index in [4.69, 9.17) is 0 Å². The second-order valence-corrected chi connectivity index (χ2v) is 4.58. The summed E-state index contributed by atoms with van der Waals surface area (Å²) in [5, 5.41) is 0.872. The van der Waals surface area contributed by atoms with E-state index in [2.05, 4.69) is 15.9 Å². The molecule has 17 heavy (non-hydrogen) atoms. The summed E-state index contributed by atoms with van der Waals surface area (Å²) < 4.78 is 13.4. The minimum Gasteiger partial charge on any atom is -0.343 e. The van der Waals surface area contributed by atoms with Crippen LogP contribution in [0.25, 0.3) is 0 Å². The molecule has 0 atom stereocenters. The molecule has 0 aromatic heterocycles. The van der Waals surface area contributed by atoms with Crippen LogP contribution in [0.5, 0.6) is 0 Å². The highest BCUT2D eigenvalue weighted by Crippen LogP contribution is 2.09. The van der Waals surface area contributed by atoms with Gasteiger partial charge in [-0.15, -0.1) is 0 Å². The molecule has 0 unspecified atom stereocenters. The van der Waals surface area contributed by atoms with Gasteiger partial charge in [-0.1, -0.05) is 34.1 Å². The van der Waals surface area contributed by atoms with Crippen LogP contribution in [0.4, 0.5) is 4.39 Å². The van der Waals surface area contributed by atoms with Crippen molar-refractivity contribution in [2.75, 3.05) is 18.4 Å². The molecule has 1 aromatic rings. The van der Waals surface area contributed by atoms with Crippen LogP contribution in [-0.2, 0) is 11.2 Å². The largest absolute Gasteiger partial charge is 0.343 e. The van der Waals surface area contributed by atoms with E-state index in [0.717, 1.165) is 18.3 Å². The van der Waals surface area contributed by atoms with Gasteiger partial charge < -0.3 is 4.90 Å². The molecule has 0 aliphatic heterocycles. The Balaban J connectivity index is 2.61. The predicted molar refractivity (Wildman–Crippen MR) is 70.8 cm³/mol. The van der Waals surface area contributed by atoms with Gasteiger partial charge in [-0.2, -0.15) is 0 Å². The second kappa shape index (κ2) is 7.43. The number of likely N-dealkylation sites (N-methyl/N-ethyl adjacent to an activating group) is 1. The standard InChI is InChI=1S/C13H17BrFNO/c1-2-16(9-5-8-14)13(17)10-11-6-3-4-7-12(11)15/h3-4,6-7H,2,5,8-10H2,1H3. The molecule has 4 heteroatoms. The molecule has 0 aliphatic rings. The average Bonchev–Trinajstić information content (AvgIpc) is 2.33. The zero-order valence-electron chi connectivity index (χ0n) is 9.96. The lowest BCUT2D eigenvalue weighted by atomic mass is 10.1. The molecule has 0 radical (unpaired) electrons. The molecule has 0 N–H and O–H groups in total. The van der Waals surface area contributed by atoms with Gasteiger partial charge in [0.1, 0.15) is 5.82 Å². The molecule has 94 valence electrons. The van der Waals surface area contributed by atoms with Crippen molar-refractivity contribution in [2.45, 2.75) is 19.8 Å². The van der Waals surface area contributed by atoms with Gasteiger partial charge in [-0.3, -0.25) is 4.79 Å². The Labute approximate surface area is 110 Å². The van der Waals surface area contributed by atoms with Crippen molar-refractivity contribution in [1.82, 2.24) is 4.90 Å². The Hall–Kier alpha value is -0.900. The van der Waals surface area contributed by atoms with Crippen LogP contribution < -0.4 is 0 Å². The molecule has 0 heterocycles. The van der Waals surface area contributed by atoms with Crippen molar-refractivity contribution >= 4 is 21.8 Å². The van der Waals surface area contributed by atoms with Crippen LogP contribution in [0.3, 0.4) is 0 Å². The molecule has 1 rings (SSSR count). The molecule has 0 spiro atoms. The van der Waals surface area contributed by atoms with Crippen LogP contribution in [0.1, 0.15) is 18.9 Å². The third-order valence-corrected chi connectivity index (χ3v) is 3.16. The van der Waals surface area contributed by atoms with Crippen molar-refractivity contribution in [2.24, 2.45) is 0 Å². The molecule has 0 aliphatic carbocycles. The van der Waals surface area contributed by atoms with Crippen molar-refractivity contribution in [3.05, 3.63) is 35.6 Å². The third-order valence-electron chi connectivity index (χ3n) is 2.60. The Morgan fingerprint density at radius 1 is 1.41 bits per heavy atom. The molecular formula is C13H17BrFNO. The maximum Gasteiger partial charge on any atom is 0.227 e. The number of halogens is 2. The van der Waals surface area contributed by atoms with Gasteiger partial charge in [0, 0.05) is 18.4 Å². The molecule has 0 fully saturated rings. The highest BCUT2D eigenvalue weighted by Gasteiger charge is 2.13. The zero-order chi connectivity index (χ0) is 12.7. The lowest BCUT2D eigenvalue weighted by molar-refractivity contribution is -0.130. The van der Waals surface area contributed by atoms with E-state index in [9.17, 15) is 9.18 Å². The average molecular weight is 302 g/mol. The summed E-state index contributed by atoms with van der Waals surface area (Å²) >= 11 is 3.34. The van der Waals surface area contributed by atoms with E-state index in [1.165, 1.54) is 6.07 Å². The van der Waals surface area contributed by atoms with Gasteiger partial charge in [-0.05, 0) is 25.0 Å². The third kappa shape index (κ3) is 4.46. The number of hydrogen-bond donors (Lipinski definition) is 0. The molecular weight excluding hydrogens is 285 g/mol. The first-order chi connectivity index (χ1) is 8.19. The maximum absolute atomic E-state index is 13.4. The first-order valence-electron chi connectivity index (χ1n) is 5.76. The Kier molecular flexibility index (Phi) is 6.19. The lowest BCUT2D eigenvalue weighted by Crippen LogP contribution is -2.33. The van der Waals surface area contributed by atoms with Crippen LogP contribution >= 0.6 is 15.9 Å². The van der Waals surface area contributed by atoms with Gasteiger partial charge in [0.15, 0.2) is 0 Å². The highest BCUT2D eigenvalue weighted by atomic mass is 79.9. The summed E-state index contributed by atoms with van der Waals surface area (Å²) in [5.74, 6) is -0.323. The van der Waals surface area contributed by atoms with Gasteiger partial charge in [0.05, 0.1) is 6.42 Å². The number of carbonyl (C=O) groups excluding carboxylic acids is 1. The van der Waals surface area contributed by atoms with Gasteiger partial charge in [0.25, 0.3) is 0 Å². The van der Waals surface area contributed by atoms with Crippen LogP contribution in [0.2, 0.25) is 0 Å². The van der Waals surface area contributed by atoms with E-state index in [-0.39, 0.29) is 18.1 Å². The SMILES string of the molecule is CCN(CCCBr)C(=O)Cc1ccccc1F. The minimum absolute atomic E-state index is 0.0152. The summed E-state index contributed by atoms with van der Waals surface area (Å²) in [4.78, 5) is 13.7. The number of hydrogen-bond acceptors (Lipinski definition) is 1. The van der Waals surface area contributed by atoms with Crippen molar-refractivity contribution in [3.8, 4) is 0 Å². The number of alkyl halides is 1. The second-order valence-electron chi connectivity index (χ2n) is 3.78. The topological polar surface area (TPSA) is 20.3 Å². The smallest absolute Gasteiger partial charge is 0.227 e. The van der Waals surface area contributed by atoms with Crippen LogP contribution in [-0.4, -0.2) is 29.2 Å². The predicted octanol–water partition coefficient (Wildman–Crippen LogP) is 3.00. The first kappa shape index (κ1) is 14.2. The summed E-state index contributed by atoms with van der Waals surface area (Å²) in [6.07, 6.45) is 1.06. The molecule has 2 nitrogen and oxygen atoms in total. The number of benzene rings is 1. The van der Waals surface area contributed by atoms with Crippen molar-refractivity contribution in [1.29, 1.82) is 0 Å². The van der Waals surface area contributed by atoms with E-state index in [1.807, 2.05) is 6.92 Å². The minimum atomic E-state index is -0.308. The molecule has 0 saturated heterocycles. The lowest BCUT2D eigenvalue weighted by Gasteiger charge is -2.20. The van der Waals surface area contributed by atoms with Crippen molar-refractivity contribution < 1.29 is 9.18 Å². The fourth-order valence-electron chi connectivity index (χ4n) is 1.63. The summed E-state index contributed by atoms with van der Waals surface area (Å²) in [5.41, 5.74) is 0.467. The van der Waals surface area contributed by atoms with E-state index in [1.54, 1.807) is 23.1 Å². The van der Waals surface area contributed by atoms with Gasteiger partial charge >= 0.3 is 0 Å². The molecule has 0 bridgehead atoms. The molecule has 1 aromatic carbocycles. The van der Waals surface area contributed by atoms with E-state index >= 15 is 0 Å². The zero-order valence-corrected chi connectivity index (χ0v) is 11.5. The fourth-order valence-corrected chi connectivity index (χ4v) is 1.88. The number of amides is 1. The Morgan fingerprint density at radius 3 is 2.71 bits per heavy atom. The summed E-state index contributed by atoms with van der Waals surface area (Å²) in [7, 11) is 0. The summed E-state index contributed by atoms with van der Waals surface area (Å²) in [6, 6.07) is 6.43. The molecule has 1 amide bonds. The quantitative estimate of drug-likeness (QED) is 0.740. The summed E-state index contributed by atoms with van der Waals surface area (Å²) in [6.45, 7) is 3.32. The number of nitrogens with zero attached hydrogens (tertiary/aromatic N) is 1. The van der Waals surface area contributed by atoms with Gasteiger partial charge in [-0.25, -0.2) is 4.39 Å². The number of carbonyl (C=O) groups is 1. The molecule has 0 saturated carbocycles. The van der Waals surface area contributed by atoms with Crippen LogP contribution in [0, 0.1) is 5.82 Å². The number of rotatable bonds is 6. The van der Waals surface area contributed by atoms with E-state index < -0.39 is 0 Å². The first-order valence-corrected chi connectivity index (χ1v) is 6.88. The Bertz CT molecular complexity index is 370. The normalized spacial score (nSPS) is 10.3. The van der Waals surface area contributed by atoms with E-state index in [0.29, 0.717) is 12.1 Å². The van der Waals surface area contributed by atoms with Crippen molar-refractivity contribution in [3.63, 3.8) is 0 Å². The highest BCUT2D eigenvalue weighted by molar-refractivity contribution is 9.09.